The lowest BCUT2D eigenvalue weighted by molar-refractivity contribution is 0.0924. The molecule has 3 heterocycles. The number of benzene rings is 4. The van der Waals surface area contributed by atoms with Crippen molar-refractivity contribution < 1.29 is 9.59 Å². The lowest BCUT2D eigenvalue weighted by atomic mass is 9.73. The zero-order chi connectivity index (χ0) is 26.7. The Hall–Kier alpha value is -5.10. The van der Waals surface area contributed by atoms with Crippen LogP contribution in [0.3, 0.4) is 0 Å². The van der Waals surface area contributed by atoms with Gasteiger partial charge < -0.3 is 4.90 Å². The van der Waals surface area contributed by atoms with Gasteiger partial charge in [0.25, 0.3) is 11.8 Å². The Kier molecular flexibility index (Phi) is 5.00. The third-order valence-corrected chi connectivity index (χ3v) is 7.71. The van der Waals surface area contributed by atoms with Crippen molar-refractivity contribution >= 4 is 34.8 Å². The lowest BCUT2D eigenvalue weighted by Gasteiger charge is -2.41. The highest BCUT2D eigenvalue weighted by Crippen LogP contribution is 2.51. The second-order valence-electron chi connectivity index (χ2n) is 10.3. The van der Waals surface area contributed by atoms with E-state index in [0.29, 0.717) is 11.1 Å². The van der Waals surface area contributed by atoms with Gasteiger partial charge in [0.05, 0.1) is 40.6 Å². The number of imide groups is 1. The minimum absolute atomic E-state index is 0.0603. The highest BCUT2D eigenvalue weighted by atomic mass is 16.2. The topological polar surface area (TPSA) is 66.4 Å². The number of nitrogens with zero attached hydrogens (tertiary/aromatic N) is 4. The second kappa shape index (κ2) is 8.46. The van der Waals surface area contributed by atoms with Gasteiger partial charge >= 0.3 is 0 Å². The fourth-order valence-electron chi connectivity index (χ4n) is 5.73. The Morgan fingerprint density at radius 3 is 1.79 bits per heavy atom. The standard InChI is InChI=1S/C33H24N4O2/c1-33(2)26-12-6-8-14-28(26)36(29-15-9-7-13-27(29)33)23-19-34-32(35-20-23)37-30(38)24-17-16-22(18-25(24)31(37)39)21-10-4-3-5-11-21/h3-20H,1-2H3. The Morgan fingerprint density at radius 2 is 1.15 bits per heavy atom. The summed E-state index contributed by atoms with van der Waals surface area (Å²) in [7, 11) is 0. The Labute approximate surface area is 226 Å². The summed E-state index contributed by atoms with van der Waals surface area (Å²) >= 11 is 0. The van der Waals surface area contributed by atoms with Crippen LogP contribution < -0.4 is 9.80 Å². The summed E-state index contributed by atoms with van der Waals surface area (Å²) in [6, 6.07) is 31.7. The van der Waals surface area contributed by atoms with Crippen LogP contribution in [0.15, 0.2) is 109 Å². The number of amides is 2. The molecule has 2 aliphatic heterocycles. The number of hydrogen-bond donors (Lipinski definition) is 0. The van der Waals surface area contributed by atoms with E-state index in [9.17, 15) is 9.59 Å². The number of aromatic nitrogens is 2. The molecule has 6 heteroatoms. The van der Waals surface area contributed by atoms with Crippen LogP contribution in [-0.4, -0.2) is 21.8 Å². The van der Waals surface area contributed by atoms with E-state index in [1.807, 2.05) is 48.5 Å². The van der Waals surface area contributed by atoms with Crippen LogP contribution in [0.2, 0.25) is 0 Å². The van der Waals surface area contributed by atoms with Crippen molar-refractivity contribution in [3.8, 4) is 11.1 Å². The second-order valence-corrected chi connectivity index (χ2v) is 10.3. The Morgan fingerprint density at radius 1 is 0.590 bits per heavy atom. The quantitative estimate of drug-likeness (QED) is 0.244. The summed E-state index contributed by atoms with van der Waals surface area (Å²) in [4.78, 5) is 38.9. The van der Waals surface area contributed by atoms with Gasteiger partial charge in [-0.1, -0.05) is 86.6 Å². The smallest absolute Gasteiger partial charge is 0.268 e. The number of carbonyl (C=O) groups is 2. The molecule has 0 atom stereocenters. The van der Waals surface area contributed by atoms with E-state index in [0.717, 1.165) is 33.1 Å². The molecule has 188 valence electrons. The largest absolute Gasteiger partial charge is 0.307 e. The number of rotatable bonds is 3. The van der Waals surface area contributed by atoms with Crippen LogP contribution in [0.4, 0.5) is 23.0 Å². The zero-order valence-electron chi connectivity index (χ0n) is 21.5. The summed E-state index contributed by atoms with van der Waals surface area (Å²) < 4.78 is 0. The molecule has 0 radical (unpaired) electrons. The number of hydrogen-bond acceptors (Lipinski definition) is 5. The SMILES string of the molecule is CC1(C)c2ccccc2N(c2cnc(N3C(=O)c4ccc(-c5ccccc5)cc4C3=O)nc2)c2ccccc21. The van der Waals surface area contributed by atoms with E-state index in [2.05, 4.69) is 65.1 Å². The van der Waals surface area contributed by atoms with E-state index >= 15 is 0 Å². The fraction of sp³-hybridized carbons (Fsp3) is 0.0909. The van der Waals surface area contributed by atoms with Crippen LogP contribution >= 0.6 is 0 Å². The Balaban J connectivity index is 1.26. The monoisotopic (exact) mass is 508 g/mol. The van der Waals surface area contributed by atoms with Crippen molar-refractivity contribution in [3.63, 3.8) is 0 Å². The molecule has 5 aromatic rings. The van der Waals surface area contributed by atoms with Gasteiger partial charge in [-0.15, -0.1) is 0 Å². The molecule has 0 N–H and O–H groups in total. The summed E-state index contributed by atoms with van der Waals surface area (Å²) in [6.07, 6.45) is 3.35. The molecule has 2 amide bonds. The normalized spacial score (nSPS) is 15.1. The number of anilines is 4. The summed E-state index contributed by atoms with van der Waals surface area (Å²) in [5.74, 6) is -0.779. The van der Waals surface area contributed by atoms with Crippen LogP contribution in [0.25, 0.3) is 11.1 Å². The highest BCUT2D eigenvalue weighted by Gasteiger charge is 2.39. The van der Waals surface area contributed by atoms with Gasteiger partial charge in [-0.25, -0.2) is 14.9 Å². The number of fused-ring (bicyclic) bond motifs is 3. The van der Waals surface area contributed by atoms with Gasteiger partial charge in [-0.2, -0.15) is 0 Å². The first-order chi connectivity index (χ1) is 18.9. The molecule has 0 saturated carbocycles. The third kappa shape index (κ3) is 3.42. The predicted molar refractivity (Wildman–Crippen MR) is 152 cm³/mol. The first kappa shape index (κ1) is 23.0. The first-order valence-corrected chi connectivity index (χ1v) is 12.8. The van der Waals surface area contributed by atoms with Crippen molar-refractivity contribution in [1.82, 2.24) is 9.97 Å². The van der Waals surface area contributed by atoms with Crippen LogP contribution in [0.1, 0.15) is 45.7 Å². The summed E-state index contributed by atoms with van der Waals surface area (Å²) in [5, 5.41) is 0. The fourth-order valence-corrected chi connectivity index (χ4v) is 5.73. The van der Waals surface area contributed by atoms with E-state index < -0.39 is 11.8 Å². The minimum atomic E-state index is -0.420. The van der Waals surface area contributed by atoms with Crippen LogP contribution in [0.5, 0.6) is 0 Å². The molecule has 7 rings (SSSR count). The molecule has 1 aromatic heterocycles. The predicted octanol–water partition coefficient (Wildman–Crippen LogP) is 7.05. The molecule has 0 saturated heterocycles. The van der Waals surface area contributed by atoms with Crippen molar-refractivity contribution in [2.45, 2.75) is 19.3 Å². The molecule has 2 aliphatic rings. The van der Waals surface area contributed by atoms with Gasteiger partial charge in [0.15, 0.2) is 0 Å². The molecular weight excluding hydrogens is 484 g/mol. The maximum atomic E-state index is 13.4. The lowest BCUT2D eigenvalue weighted by Crippen LogP contribution is -2.32. The first-order valence-electron chi connectivity index (χ1n) is 12.8. The van der Waals surface area contributed by atoms with Gasteiger partial charge in [-0.3, -0.25) is 9.59 Å². The van der Waals surface area contributed by atoms with Gasteiger partial charge in [0, 0.05) is 5.41 Å². The Bertz CT molecular complexity index is 1730. The zero-order valence-corrected chi connectivity index (χ0v) is 21.5. The van der Waals surface area contributed by atoms with Crippen molar-refractivity contribution in [2.75, 3.05) is 9.80 Å². The molecule has 0 fully saturated rings. The van der Waals surface area contributed by atoms with Gasteiger partial charge in [0.2, 0.25) is 5.95 Å². The summed E-state index contributed by atoms with van der Waals surface area (Å²) in [6.45, 7) is 4.46. The molecular formula is C33H24N4O2. The van der Waals surface area contributed by atoms with Crippen LogP contribution in [0, 0.1) is 0 Å². The molecule has 39 heavy (non-hydrogen) atoms. The highest BCUT2D eigenvalue weighted by molar-refractivity contribution is 6.34. The molecule has 4 aromatic carbocycles. The van der Waals surface area contributed by atoms with Crippen molar-refractivity contribution in [2.24, 2.45) is 0 Å². The molecule has 0 bridgehead atoms. The maximum absolute atomic E-state index is 13.4. The van der Waals surface area contributed by atoms with E-state index in [1.54, 1.807) is 24.5 Å². The van der Waals surface area contributed by atoms with E-state index in [-0.39, 0.29) is 11.4 Å². The molecule has 0 aliphatic carbocycles. The molecule has 0 unspecified atom stereocenters. The van der Waals surface area contributed by atoms with Crippen LogP contribution in [-0.2, 0) is 5.41 Å². The average Bonchev–Trinajstić information content (AvgIpc) is 3.23. The van der Waals surface area contributed by atoms with E-state index in [1.165, 1.54) is 11.1 Å². The van der Waals surface area contributed by atoms with Crippen molar-refractivity contribution in [1.29, 1.82) is 0 Å². The number of carbonyl (C=O) groups excluding carboxylic acids is 2. The van der Waals surface area contributed by atoms with Gasteiger partial charge in [0.1, 0.15) is 0 Å². The number of para-hydroxylation sites is 2. The minimum Gasteiger partial charge on any atom is -0.307 e. The average molecular weight is 509 g/mol. The molecule has 0 spiro atoms. The van der Waals surface area contributed by atoms with Gasteiger partial charge in [-0.05, 0) is 46.5 Å². The van der Waals surface area contributed by atoms with Crippen molar-refractivity contribution in [3.05, 3.63) is 132 Å². The molecule has 6 nitrogen and oxygen atoms in total. The summed E-state index contributed by atoms with van der Waals surface area (Å²) in [5.41, 5.74) is 7.62. The maximum Gasteiger partial charge on any atom is 0.268 e. The van der Waals surface area contributed by atoms with E-state index in [4.69, 9.17) is 0 Å². The third-order valence-electron chi connectivity index (χ3n) is 7.71.